The van der Waals surface area contributed by atoms with Gasteiger partial charge in [-0.1, -0.05) is 113 Å². The van der Waals surface area contributed by atoms with Gasteiger partial charge in [-0.3, -0.25) is 4.98 Å². The smallest absolute Gasteiger partial charge is 0.0305 e. The van der Waals surface area contributed by atoms with Crippen molar-refractivity contribution in [3.05, 3.63) is 66.0 Å². The van der Waals surface area contributed by atoms with Gasteiger partial charge in [0, 0.05) is 12.4 Å². The van der Waals surface area contributed by atoms with Crippen LogP contribution in [0.2, 0.25) is 0 Å². The van der Waals surface area contributed by atoms with Crippen molar-refractivity contribution < 1.29 is 0 Å². The van der Waals surface area contributed by atoms with Gasteiger partial charge in [-0.05, 0) is 28.0 Å². The molecule has 0 aliphatic heterocycles. The zero-order chi connectivity index (χ0) is 19.2. The molecule has 144 valence electrons. The second-order valence-electron chi connectivity index (χ2n) is 7.11. The summed E-state index contributed by atoms with van der Waals surface area (Å²) in [4.78, 5) is 4.05. The summed E-state index contributed by atoms with van der Waals surface area (Å²) >= 11 is 0. The fourth-order valence-corrected chi connectivity index (χ4v) is 1.74. The van der Waals surface area contributed by atoms with Crippen LogP contribution in [0, 0.1) is 0 Å². The van der Waals surface area contributed by atoms with Crippen LogP contribution in [0.1, 0.15) is 87.8 Å². The van der Waals surface area contributed by atoms with E-state index in [0.29, 0.717) is 5.41 Å². The lowest BCUT2D eigenvalue weighted by Crippen LogP contribution is -2.10. The minimum absolute atomic E-state index is 0. The fraction of sp³-hybridized carbons (Fsp3) is 0.542. The topological polar surface area (TPSA) is 12.9 Å². The standard InChI is InChI=1S/C10H14.C9H13N.2C2H6.CH4/c1-10(2,3)9-7-5-4-6-8-9;1-9(2,3)8-5-4-6-10-7-8;2*1-2;/h4-8H,1-3H3;4-7H,1-3H3;2*1-2H3;1H4. The van der Waals surface area contributed by atoms with Crippen LogP contribution in [-0.4, -0.2) is 4.98 Å². The number of nitrogens with zero attached hydrogens (tertiary/aromatic N) is 1. The molecule has 0 fully saturated rings. The van der Waals surface area contributed by atoms with Gasteiger partial charge in [0.1, 0.15) is 0 Å². The van der Waals surface area contributed by atoms with Crippen molar-refractivity contribution in [2.24, 2.45) is 0 Å². The van der Waals surface area contributed by atoms with Crippen molar-refractivity contribution in [2.75, 3.05) is 0 Å². The Balaban J connectivity index is -0.000000312. The van der Waals surface area contributed by atoms with E-state index in [4.69, 9.17) is 0 Å². The van der Waals surface area contributed by atoms with Crippen LogP contribution in [0.25, 0.3) is 0 Å². The minimum atomic E-state index is 0. The minimum Gasteiger partial charge on any atom is -0.264 e. The molecular weight excluding hydrogens is 302 g/mol. The van der Waals surface area contributed by atoms with E-state index in [1.807, 2.05) is 40.0 Å². The first kappa shape index (κ1) is 28.2. The van der Waals surface area contributed by atoms with E-state index in [0.717, 1.165) is 0 Å². The molecule has 0 spiro atoms. The molecular formula is C24H43N. The van der Waals surface area contributed by atoms with Gasteiger partial charge < -0.3 is 0 Å². The number of benzene rings is 1. The van der Waals surface area contributed by atoms with Gasteiger partial charge in [-0.2, -0.15) is 0 Å². The zero-order valence-corrected chi connectivity index (χ0v) is 17.6. The molecule has 1 heteroatoms. The number of hydrogen-bond donors (Lipinski definition) is 0. The van der Waals surface area contributed by atoms with Crippen LogP contribution >= 0.6 is 0 Å². The first-order valence-corrected chi connectivity index (χ1v) is 9.17. The summed E-state index contributed by atoms with van der Waals surface area (Å²) in [6.45, 7) is 21.2. The molecule has 2 aromatic rings. The van der Waals surface area contributed by atoms with E-state index in [-0.39, 0.29) is 12.8 Å². The van der Waals surface area contributed by atoms with Crippen LogP contribution in [0.4, 0.5) is 0 Å². The molecule has 25 heavy (non-hydrogen) atoms. The molecule has 0 saturated heterocycles. The third kappa shape index (κ3) is 13.3. The summed E-state index contributed by atoms with van der Waals surface area (Å²) in [6, 6.07) is 14.6. The van der Waals surface area contributed by atoms with Crippen LogP contribution in [-0.2, 0) is 10.8 Å². The number of hydrogen-bond acceptors (Lipinski definition) is 1. The van der Waals surface area contributed by atoms with Gasteiger partial charge in [-0.15, -0.1) is 0 Å². The number of pyridine rings is 1. The van der Waals surface area contributed by atoms with Crippen LogP contribution in [0.3, 0.4) is 0 Å². The lowest BCUT2D eigenvalue weighted by atomic mass is 9.87. The predicted molar refractivity (Wildman–Crippen MR) is 118 cm³/mol. The number of rotatable bonds is 0. The third-order valence-electron chi connectivity index (χ3n) is 3.17. The molecule has 0 aliphatic rings. The van der Waals surface area contributed by atoms with Gasteiger partial charge >= 0.3 is 0 Å². The molecule has 0 N–H and O–H groups in total. The lowest BCUT2D eigenvalue weighted by molar-refractivity contribution is 0.587. The Kier molecular flexibility index (Phi) is 16.6. The number of aromatic nitrogens is 1. The van der Waals surface area contributed by atoms with Crippen molar-refractivity contribution >= 4 is 0 Å². The summed E-state index contributed by atoms with van der Waals surface area (Å²) in [5.74, 6) is 0. The van der Waals surface area contributed by atoms with Gasteiger partial charge in [0.25, 0.3) is 0 Å². The monoisotopic (exact) mass is 345 g/mol. The second-order valence-corrected chi connectivity index (χ2v) is 7.11. The summed E-state index contributed by atoms with van der Waals surface area (Å²) in [5.41, 5.74) is 3.21. The van der Waals surface area contributed by atoms with E-state index < -0.39 is 0 Å². The van der Waals surface area contributed by atoms with Crippen molar-refractivity contribution in [3.8, 4) is 0 Å². The van der Waals surface area contributed by atoms with Crippen LogP contribution in [0.15, 0.2) is 54.9 Å². The van der Waals surface area contributed by atoms with Crippen LogP contribution in [0.5, 0.6) is 0 Å². The molecule has 0 amide bonds. The Bertz CT molecular complexity index is 438. The molecule has 0 saturated carbocycles. The maximum absolute atomic E-state index is 4.05. The first-order chi connectivity index (χ1) is 11.2. The molecule has 1 nitrogen and oxygen atoms in total. The average Bonchev–Trinajstić information content (AvgIpc) is 2.59. The van der Waals surface area contributed by atoms with Crippen LogP contribution < -0.4 is 0 Å². The molecule has 0 unspecified atom stereocenters. The molecule has 0 radical (unpaired) electrons. The fourth-order valence-electron chi connectivity index (χ4n) is 1.74. The molecule has 1 aromatic heterocycles. The highest BCUT2D eigenvalue weighted by Gasteiger charge is 2.12. The van der Waals surface area contributed by atoms with E-state index in [1.54, 1.807) is 6.20 Å². The summed E-state index contributed by atoms with van der Waals surface area (Å²) in [5, 5.41) is 0. The van der Waals surface area contributed by atoms with Crippen molar-refractivity contribution in [2.45, 2.75) is 87.5 Å². The van der Waals surface area contributed by atoms with E-state index in [1.165, 1.54) is 11.1 Å². The summed E-state index contributed by atoms with van der Waals surface area (Å²) < 4.78 is 0. The Morgan fingerprint density at radius 1 is 0.600 bits per heavy atom. The van der Waals surface area contributed by atoms with Crippen molar-refractivity contribution in [3.63, 3.8) is 0 Å². The maximum Gasteiger partial charge on any atom is 0.0305 e. The highest BCUT2D eigenvalue weighted by Crippen LogP contribution is 2.21. The second kappa shape index (κ2) is 14.7. The Hall–Kier alpha value is -1.63. The summed E-state index contributed by atoms with van der Waals surface area (Å²) in [6.07, 6.45) is 3.72. The first-order valence-electron chi connectivity index (χ1n) is 9.17. The molecule has 0 atom stereocenters. The Morgan fingerprint density at radius 2 is 1.00 bits per heavy atom. The lowest BCUT2D eigenvalue weighted by Gasteiger charge is -2.18. The van der Waals surface area contributed by atoms with Gasteiger partial charge in [0.15, 0.2) is 0 Å². The van der Waals surface area contributed by atoms with Gasteiger partial charge in [0.2, 0.25) is 0 Å². The Labute approximate surface area is 158 Å². The van der Waals surface area contributed by atoms with Crippen molar-refractivity contribution in [1.29, 1.82) is 0 Å². The van der Waals surface area contributed by atoms with E-state index >= 15 is 0 Å². The largest absolute Gasteiger partial charge is 0.264 e. The third-order valence-corrected chi connectivity index (χ3v) is 3.17. The van der Waals surface area contributed by atoms with E-state index in [2.05, 4.69) is 82.9 Å². The average molecular weight is 346 g/mol. The van der Waals surface area contributed by atoms with Gasteiger partial charge in [-0.25, -0.2) is 0 Å². The SMILES string of the molecule is C.CC.CC.CC(C)(C)c1ccccc1.CC(C)(C)c1cccnc1. The highest BCUT2D eigenvalue weighted by atomic mass is 14.6. The molecule has 0 bridgehead atoms. The zero-order valence-electron chi connectivity index (χ0n) is 17.6. The quantitative estimate of drug-likeness (QED) is 0.470. The summed E-state index contributed by atoms with van der Waals surface area (Å²) in [7, 11) is 0. The molecule has 2 rings (SSSR count). The maximum atomic E-state index is 4.05. The molecule has 0 aliphatic carbocycles. The van der Waals surface area contributed by atoms with Gasteiger partial charge in [0.05, 0.1) is 0 Å². The van der Waals surface area contributed by atoms with Crippen molar-refractivity contribution in [1.82, 2.24) is 4.98 Å². The normalized spacial score (nSPS) is 9.68. The predicted octanol–water partition coefficient (Wildman–Crippen LogP) is 8.05. The van der Waals surface area contributed by atoms with E-state index in [9.17, 15) is 0 Å². The molecule has 1 heterocycles. The molecule has 1 aromatic carbocycles. The highest BCUT2D eigenvalue weighted by molar-refractivity contribution is 5.22. The Morgan fingerprint density at radius 3 is 1.24 bits per heavy atom.